The molecule has 5 heteroatoms. The number of ether oxygens (including phenoxy) is 1. The molecule has 1 aliphatic heterocycles. The zero-order valence-electron chi connectivity index (χ0n) is 11.8. The highest BCUT2D eigenvalue weighted by Crippen LogP contribution is 2.17. The zero-order chi connectivity index (χ0) is 13.8. The minimum atomic E-state index is 0.493. The quantitative estimate of drug-likeness (QED) is 0.847. The van der Waals surface area contributed by atoms with Crippen molar-refractivity contribution >= 4 is 0 Å². The summed E-state index contributed by atoms with van der Waals surface area (Å²) in [7, 11) is 1.77. The Kier molecular flexibility index (Phi) is 4.08. The van der Waals surface area contributed by atoms with Crippen LogP contribution in [0.5, 0.6) is 0 Å². The van der Waals surface area contributed by atoms with Gasteiger partial charge >= 0.3 is 0 Å². The molecule has 0 aromatic carbocycles. The highest BCUT2D eigenvalue weighted by atomic mass is 16.5. The second-order valence-corrected chi connectivity index (χ2v) is 5.35. The summed E-state index contributed by atoms with van der Waals surface area (Å²) in [6.07, 6.45) is 7.69. The molecular formula is C15H20N4O. The van der Waals surface area contributed by atoms with E-state index in [1.54, 1.807) is 7.11 Å². The van der Waals surface area contributed by atoms with Crippen LogP contribution in [0.2, 0.25) is 0 Å². The van der Waals surface area contributed by atoms with Gasteiger partial charge in [-0.15, -0.1) is 0 Å². The summed E-state index contributed by atoms with van der Waals surface area (Å²) in [6, 6.07) is 4.11. The molecule has 20 heavy (non-hydrogen) atoms. The fourth-order valence-corrected chi connectivity index (χ4v) is 2.83. The van der Waals surface area contributed by atoms with Gasteiger partial charge in [-0.2, -0.15) is 0 Å². The van der Waals surface area contributed by atoms with Gasteiger partial charge in [0.1, 0.15) is 5.82 Å². The molecule has 1 atom stereocenters. The largest absolute Gasteiger partial charge is 0.384 e. The molecule has 0 N–H and O–H groups in total. The molecule has 106 valence electrons. The van der Waals surface area contributed by atoms with Gasteiger partial charge in [-0.3, -0.25) is 9.88 Å². The first kappa shape index (κ1) is 13.3. The number of aromatic nitrogens is 3. The Bertz CT molecular complexity index is 540. The van der Waals surface area contributed by atoms with Crippen LogP contribution < -0.4 is 0 Å². The van der Waals surface area contributed by atoms with Gasteiger partial charge in [-0.1, -0.05) is 6.07 Å². The molecule has 0 saturated carbocycles. The summed E-state index contributed by atoms with van der Waals surface area (Å²) < 4.78 is 7.60. The van der Waals surface area contributed by atoms with E-state index in [4.69, 9.17) is 4.74 Å². The third-order valence-electron chi connectivity index (χ3n) is 3.67. The Morgan fingerprint density at radius 3 is 3.10 bits per heavy atom. The van der Waals surface area contributed by atoms with Crippen molar-refractivity contribution in [1.82, 2.24) is 19.4 Å². The number of hydrogen-bond donors (Lipinski definition) is 0. The lowest BCUT2D eigenvalue weighted by Gasteiger charge is -2.23. The second-order valence-electron chi connectivity index (χ2n) is 5.35. The minimum Gasteiger partial charge on any atom is -0.384 e. The van der Waals surface area contributed by atoms with Crippen LogP contribution in [0.3, 0.4) is 0 Å². The van der Waals surface area contributed by atoms with Crippen LogP contribution in [0.4, 0.5) is 0 Å². The SMILES string of the molecule is COC[C@H]1CN(Cc2cccnc2)Cc2nccn2C1. The lowest BCUT2D eigenvalue weighted by molar-refractivity contribution is 0.115. The van der Waals surface area contributed by atoms with Crippen molar-refractivity contribution in [3.05, 3.63) is 48.3 Å². The van der Waals surface area contributed by atoms with E-state index in [9.17, 15) is 0 Å². The molecule has 5 nitrogen and oxygen atoms in total. The average Bonchev–Trinajstić information content (AvgIpc) is 2.81. The van der Waals surface area contributed by atoms with Crippen molar-refractivity contribution in [2.45, 2.75) is 19.6 Å². The monoisotopic (exact) mass is 272 g/mol. The fraction of sp³-hybridized carbons (Fsp3) is 0.467. The highest BCUT2D eigenvalue weighted by molar-refractivity contribution is 5.08. The number of pyridine rings is 1. The molecule has 0 radical (unpaired) electrons. The normalized spacial score (nSPS) is 19.6. The number of fused-ring (bicyclic) bond motifs is 1. The van der Waals surface area contributed by atoms with Crippen LogP contribution in [0.1, 0.15) is 11.4 Å². The van der Waals surface area contributed by atoms with Crippen molar-refractivity contribution < 1.29 is 4.74 Å². The maximum atomic E-state index is 5.35. The van der Waals surface area contributed by atoms with Gasteiger partial charge in [0.15, 0.2) is 0 Å². The first-order chi connectivity index (χ1) is 9.85. The van der Waals surface area contributed by atoms with Gasteiger partial charge < -0.3 is 9.30 Å². The Morgan fingerprint density at radius 1 is 1.35 bits per heavy atom. The predicted molar refractivity (Wildman–Crippen MR) is 75.9 cm³/mol. The van der Waals surface area contributed by atoms with Crippen molar-refractivity contribution in [1.29, 1.82) is 0 Å². The highest BCUT2D eigenvalue weighted by Gasteiger charge is 2.22. The van der Waals surface area contributed by atoms with Crippen LogP contribution in [-0.4, -0.2) is 39.7 Å². The summed E-state index contributed by atoms with van der Waals surface area (Å²) in [4.78, 5) is 11.1. The number of hydrogen-bond acceptors (Lipinski definition) is 4. The summed E-state index contributed by atoms with van der Waals surface area (Å²) in [6.45, 7) is 4.56. The van der Waals surface area contributed by atoms with E-state index in [-0.39, 0.29) is 0 Å². The van der Waals surface area contributed by atoms with Crippen LogP contribution in [0.15, 0.2) is 36.9 Å². The van der Waals surface area contributed by atoms with Crippen molar-refractivity contribution in [2.75, 3.05) is 20.3 Å². The summed E-state index contributed by atoms with van der Waals surface area (Å²) in [5, 5.41) is 0. The van der Waals surface area contributed by atoms with E-state index < -0.39 is 0 Å². The molecule has 2 aromatic rings. The number of imidazole rings is 1. The van der Waals surface area contributed by atoms with Gasteiger partial charge in [-0.05, 0) is 11.6 Å². The molecule has 1 aliphatic rings. The maximum Gasteiger partial charge on any atom is 0.122 e. The Morgan fingerprint density at radius 2 is 2.30 bits per heavy atom. The molecular weight excluding hydrogens is 252 g/mol. The Labute approximate surface area is 119 Å². The Hall–Kier alpha value is -1.72. The second kappa shape index (κ2) is 6.15. The van der Waals surface area contributed by atoms with Crippen molar-refractivity contribution in [2.24, 2.45) is 5.92 Å². The van der Waals surface area contributed by atoms with Crippen molar-refractivity contribution in [3.63, 3.8) is 0 Å². The topological polar surface area (TPSA) is 43.2 Å². The standard InChI is InChI=1S/C15H20N4O/c1-20-12-14-9-18(8-13-3-2-4-16-7-13)11-15-17-5-6-19(15)10-14/h2-7,14H,8-12H2,1H3/t14-/m0/s1. The number of nitrogens with zero attached hydrogens (tertiary/aromatic N) is 4. The summed E-state index contributed by atoms with van der Waals surface area (Å²) in [5.74, 6) is 1.62. The van der Waals surface area contributed by atoms with E-state index in [0.717, 1.165) is 38.6 Å². The molecule has 0 aliphatic carbocycles. The van der Waals surface area contributed by atoms with E-state index >= 15 is 0 Å². The number of rotatable bonds is 4. The van der Waals surface area contributed by atoms with E-state index in [0.29, 0.717) is 5.92 Å². The molecule has 2 aromatic heterocycles. The average molecular weight is 272 g/mol. The fourth-order valence-electron chi connectivity index (χ4n) is 2.83. The van der Waals surface area contributed by atoms with Gasteiger partial charge in [0.25, 0.3) is 0 Å². The third-order valence-corrected chi connectivity index (χ3v) is 3.67. The van der Waals surface area contributed by atoms with Crippen LogP contribution in [-0.2, 0) is 24.4 Å². The maximum absolute atomic E-state index is 5.35. The van der Waals surface area contributed by atoms with E-state index in [1.807, 2.05) is 24.7 Å². The molecule has 0 fully saturated rings. The lowest BCUT2D eigenvalue weighted by Crippen LogP contribution is -2.29. The predicted octanol–water partition coefficient (Wildman–Crippen LogP) is 1.56. The summed E-state index contributed by atoms with van der Waals surface area (Å²) >= 11 is 0. The molecule has 0 spiro atoms. The van der Waals surface area contributed by atoms with Gasteiger partial charge in [-0.25, -0.2) is 4.98 Å². The first-order valence-corrected chi connectivity index (χ1v) is 6.95. The van der Waals surface area contributed by atoms with E-state index in [2.05, 4.69) is 31.7 Å². The summed E-state index contributed by atoms with van der Waals surface area (Å²) in [5.41, 5.74) is 1.24. The third kappa shape index (κ3) is 3.05. The Balaban J connectivity index is 1.76. The van der Waals surface area contributed by atoms with Crippen LogP contribution in [0, 0.1) is 5.92 Å². The van der Waals surface area contributed by atoms with Gasteiger partial charge in [0, 0.05) is 57.4 Å². The van der Waals surface area contributed by atoms with Crippen LogP contribution >= 0.6 is 0 Å². The molecule has 0 amide bonds. The molecule has 3 rings (SSSR count). The molecule has 0 saturated heterocycles. The zero-order valence-corrected chi connectivity index (χ0v) is 11.8. The van der Waals surface area contributed by atoms with Crippen molar-refractivity contribution in [3.8, 4) is 0 Å². The molecule has 0 bridgehead atoms. The lowest BCUT2D eigenvalue weighted by atomic mass is 10.1. The van der Waals surface area contributed by atoms with Gasteiger partial charge in [0.2, 0.25) is 0 Å². The molecule has 0 unspecified atom stereocenters. The minimum absolute atomic E-state index is 0.493. The first-order valence-electron chi connectivity index (χ1n) is 6.95. The molecule has 3 heterocycles. The smallest absolute Gasteiger partial charge is 0.122 e. The van der Waals surface area contributed by atoms with Gasteiger partial charge in [0.05, 0.1) is 13.2 Å². The number of methoxy groups -OCH3 is 1. The van der Waals surface area contributed by atoms with Crippen LogP contribution in [0.25, 0.3) is 0 Å². The van der Waals surface area contributed by atoms with E-state index in [1.165, 1.54) is 5.56 Å².